The van der Waals surface area contributed by atoms with Crippen LogP contribution in [-0.4, -0.2) is 11.9 Å². The maximum absolute atomic E-state index is 12.0. The second-order valence-corrected chi connectivity index (χ2v) is 7.97. The molecule has 2 aliphatic rings. The molecule has 0 radical (unpaired) electrons. The summed E-state index contributed by atoms with van der Waals surface area (Å²) in [6.45, 7) is 13.1. The van der Waals surface area contributed by atoms with Gasteiger partial charge in [0.15, 0.2) is 0 Å². The molecule has 1 saturated heterocycles. The molecule has 0 N–H and O–H groups in total. The van der Waals surface area contributed by atoms with Crippen LogP contribution >= 0.6 is 0 Å². The predicted molar refractivity (Wildman–Crippen MR) is 68.6 cm³/mol. The van der Waals surface area contributed by atoms with Gasteiger partial charge in [0.25, 0.3) is 0 Å². The van der Waals surface area contributed by atoms with Crippen LogP contribution in [0, 0.1) is 34.5 Å². The molecule has 4 unspecified atom stereocenters. The van der Waals surface area contributed by atoms with Crippen LogP contribution in [0.2, 0.25) is 0 Å². The molecular weight excluding hydrogens is 228 g/mol. The minimum Gasteiger partial charge on any atom is -0.393 e. The lowest BCUT2D eigenvalue weighted by atomic mass is 9.63. The number of carbonyl (C=O) groups is 2. The molecule has 1 aliphatic carbocycles. The van der Waals surface area contributed by atoms with E-state index in [-0.39, 0.29) is 40.5 Å². The van der Waals surface area contributed by atoms with Gasteiger partial charge in [-0.2, -0.15) is 0 Å². The first kappa shape index (κ1) is 13.6. The van der Waals surface area contributed by atoms with Crippen molar-refractivity contribution in [1.82, 2.24) is 0 Å². The number of cyclic esters (lactones) is 2. The summed E-state index contributed by atoms with van der Waals surface area (Å²) in [5, 5.41) is 0. The number of ether oxygens (including phenoxy) is 1. The van der Waals surface area contributed by atoms with Gasteiger partial charge in [-0.3, -0.25) is 9.59 Å². The Morgan fingerprint density at radius 3 is 1.94 bits per heavy atom. The summed E-state index contributed by atoms with van der Waals surface area (Å²) in [4.78, 5) is 23.7. The zero-order valence-electron chi connectivity index (χ0n) is 12.2. The van der Waals surface area contributed by atoms with Gasteiger partial charge in [-0.15, -0.1) is 0 Å². The second kappa shape index (κ2) is 3.82. The van der Waals surface area contributed by atoms with Crippen LogP contribution in [0.3, 0.4) is 0 Å². The molecule has 0 aromatic carbocycles. The van der Waals surface area contributed by atoms with Crippen molar-refractivity contribution in [3.63, 3.8) is 0 Å². The van der Waals surface area contributed by atoms with Crippen molar-refractivity contribution >= 4 is 11.9 Å². The highest BCUT2D eigenvalue weighted by Gasteiger charge is 2.61. The van der Waals surface area contributed by atoms with Gasteiger partial charge in [-0.25, -0.2) is 0 Å². The highest BCUT2D eigenvalue weighted by molar-refractivity contribution is 5.97. The fraction of sp³-hybridized carbons (Fsp3) is 0.867. The maximum atomic E-state index is 12.0. The zero-order valence-corrected chi connectivity index (χ0v) is 12.2. The number of esters is 2. The molecule has 4 atom stereocenters. The van der Waals surface area contributed by atoms with E-state index in [2.05, 4.69) is 41.5 Å². The summed E-state index contributed by atoms with van der Waals surface area (Å²) < 4.78 is 4.84. The van der Waals surface area contributed by atoms with E-state index in [0.717, 1.165) is 6.42 Å². The second-order valence-electron chi connectivity index (χ2n) is 7.97. The van der Waals surface area contributed by atoms with Crippen LogP contribution < -0.4 is 0 Å². The zero-order chi connectivity index (χ0) is 13.9. The third-order valence-corrected chi connectivity index (χ3v) is 4.65. The minimum atomic E-state index is -0.300. The lowest BCUT2D eigenvalue weighted by Crippen LogP contribution is -2.37. The monoisotopic (exact) mass is 252 g/mol. The van der Waals surface area contributed by atoms with Gasteiger partial charge in [-0.05, 0) is 29.1 Å². The van der Waals surface area contributed by atoms with Gasteiger partial charge in [0.1, 0.15) is 0 Å². The van der Waals surface area contributed by atoms with Gasteiger partial charge in [0.2, 0.25) is 0 Å². The smallest absolute Gasteiger partial charge is 0.317 e. The van der Waals surface area contributed by atoms with Crippen molar-refractivity contribution < 1.29 is 14.3 Å². The molecule has 0 spiro atoms. The Morgan fingerprint density at radius 2 is 1.50 bits per heavy atom. The van der Waals surface area contributed by atoms with Crippen molar-refractivity contribution in [2.45, 2.75) is 48.0 Å². The lowest BCUT2D eigenvalue weighted by molar-refractivity contribution is -0.156. The quantitative estimate of drug-likeness (QED) is 0.491. The predicted octanol–water partition coefficient (Wildman–Crippen LogP) is 3.03. The summed E-state index contributed by atoms with van der Waals surface area (Å²) in [5.41, 5.74) is 0.129. The Bertz CT molecular complexity index is 384. The molecule has 0 aromatic rings. The first-order valence-electron chi connectivity index (χ1n) is 6.79. The summed E-state index contributed by atoms with van der Waals surface area (Å²) in [6.07, 6.45) is 0.792. The Kier molecular flexibility index (Phi) is 2.88. The van der Waals surface area contributed by atoms with E-state index < -0.39 is 0 Å². The van der Waals surface area contributed by atoms with Crippen LogP contribution in [0.4, 0.5) is 0 Å². The molecule has 3 heteroatoms. The summed E-state index contributed by atoms with van der Waals surface area (Å²) in [6, 6.07) is 0. The Morgan fingerprint density at radius 1 is 0.944 bits per heavy atom. The molecule has 2 fully saturated rings. The number of hydrogen-bond donors (Lipinski definition) is 0. The first-order valence-corrected chi connectivity index (χ1v) is 6.79. The van der Waals surface area contributed by atoms with Crippen LogP contribution in [-0.2, 0) is 14.3 Å². The molecule has 2 rings (SSSR count). The van der Waals surface area contributed by atoms with E-state index >= 15 is 0 Å². The van der Waals surface area contributed by atoms with Gasteiger partial charge in [0, 0.05) is 0 Å². The van der Waals surface area contributed by atoms with Crippen molar-refractivity contribution in [1.29, 1.82) is 0 Å². The molecular formula is C15H24O3. The Hall–Kier alpha value is -0.860. The fourth-order valence-electron chi connectivity index (χ4n) is 3.90. The normalized spacial score (nSPS) is 36.8. The molecule has 1 aliphatic heterocycles. The number of rotatable bonds is 0. The van der Waals surface area contributed by atoms with Crippen molar-refractivity contribution in [3.8, 4) is 0 Å². The van der Waals surface area contributed by atoms with Crippen LogP contribution in [0.5, 0.6) is 0 Å². The fourth-order valence-corrected chi connectivity index (χ4v) is 3.90. The van der Waals surface area contributed by atoms with Crippen molar-refractivity contribution in [2.75, 3.05) is 0 Å². The SMILES string of the molecule is CC(C)(C)C1CC2C(=O)OC(=O)C2C1C(C)(C)C. The van der Waals surface area contributed by atoms with Gasteiger partial charge in [0.05, 0.1) is 11.8 Å². The Balaban J connectivity index is 2.42. The lowest BCUT2D eigenvalue weighted by Gasteiger charge is -2.41. The molecule has 3 nitrogen and oxygen atoms in total. The first-order chi connectivity index (χ1) is 8.03. The van der Waals surface area contributed by atoms with E-state index in [1.54, 1.807) is 0 Å². The molecule has 18 heavy (non-hydrogen) atoms. The van der Waals surface area contributed by atoms with Gasteiger partial charge in [-0.1, -0.05) is 41.5 Å². The molecule has 102 valence electrons. The van der Waals surface area contributed by atoms with Crippen LogP contribution in [0.15, 0.2) is 0 Å². The van der Waals surface area contributed by atoms with E-state index in [4.69, 9.17) is 4.74 Å². The number of hydrogen-bond acceptors (Lipinski definition) is 3. The Labute approximate surface area is 109 Å². The molecule has 1 saturated carbocycles. The largest absolute Gasteiger partial charge is 0.393 e. The van der Waals surface area contributed by atoms with E-state index in [0.29, 0.717) is 5.92 Å². The van der Waals surface area contributed by atoms with E-state index in [9.17, 15) is 9.59 Å². The minimum absolute atomic E-state index is 0.0149. The number of carbonyl (C=O) groups excluding carboxylic acids is 2. The average molecular weight is 252 g/mol. The molecule has 1 heterocycles. The van der Waals surface area contributed by atoms with E-state index in [1.807, 2.05) is 0 Å². The summed E-state index contributed by atoms with van der Waals surface area (Å²) in [7, 11) is 0. The maximum Gasteiger partial charge on any atom is 0.317 e. The third kappa shape index (κ3) is 1.98. The third-order valence-electron chi connectivity index (χ3n) is 4.65. The molecule has 0 bridgehead atoms. The molecule has 0 aromatic heterocycles. The van der Waals surface area contributed by atoms with E-state index in [1.165, 1.54) is 0 Å². The van der Waals surface area contributed by atoms with Crippen LogP contribution in [0.25, 0.3) is 0 Å². The summed E-state index contributed by atoms with van der Waals surface area (Å²) >= 11 is 0. The van der Waals surface area contributed by atoms with Crippen molar-refractivity contribution in [2.24, 2.45) is 34.5 Å². The topological polar surface area (TPSA) is 43.4 Å². The van der Waals surface area contributed by atoms with Crippen LogP contribution in [0.1, 0.15) is 48.0 Å². The van der Waals surface area contributed by atoms with Crippen molar-refractivity contribution in [3.05, 3.63) is 0 Å². The highest BCUT2D eigenvalue weighted by atomic mass is 16.6. The number of fused-ring (bicyclic) bond motifs is 1. The molecule has 0 amide bonds. The summed E-state index contributed by atoms with van der Waals surface area (Å²) in [5.74, 6) is -0.402. The van der Waals surface area contributed by atoms with Gasteiger partial charge < -0.3 is 4.74 Å². The van der Waals surface area contributed by atoms with Gasteiger partial charge >= 0.3 is 11.9 Å². The average Bonchev–Trinajstić information content (AvgIpc) is 2.64. The standard InChI is InChI=1S/C15H24O3/c1-14(2,3)9-7-8-10(11(9)15(4,5)6)13(17)18-12(8)16/h8-11H,7H2,1-6H3. The highest BCUT2D eigenvalue weighted by Crippen LogP contribution is 2.58.